The molecule has 0 aliphatic heterocycles. The Morgan fingerprint density at radius 3 is 2.80 bits per heavy atom. The van der Waals surface area contributed by atoms with Gasteiger partial charge in [-0.1, -0.05) is 36.5 Å². The fourth-order valence-electron chi connectivity index (χ4n) is 2.62. The van der Waals surface area contributed by atoms with Gasteiger partial charge in [-0.2, -0.15) is 0 Å². The van der Waals surface area contributed by atoms with E-state index in [0.717, 1.165) is 16.9 Å². The molecule has 2 aromatic carbocycles. The minimum absolute atomic E-state index is 0.421. The molecule has 0 saturated carbocycles. The van der Waals surface area contributed by atoms with Gasteiger partial charge in [0.1, 0.15) is 17.3 Å². The molecule has 0 unspecified atom stereocenters. The summed E-state index contributed by atoms with van der Waals surface area (Å²) in [6.07, 6.45) is 3.63. The van der Waals surface area contributed by atoms with Crippen molar-refractivity contribution in [2.75, 3.05) is 0 Å². The maximum absolute atomic E-state index is 5.87. The third-order valence-electron chi connectivity index (χ3n) is 3.69. The molecule has 0 spiro atoms. The number of nitrogens with two attached hydrogens (primary N) is 1. The summed E-state index contributed by atoms with van der Waals surface area (Å²) in [5.74, 6) is 0.936. The molecule has 0 atom stereocenters. The van der Waals surface area contributed by atoms with E-state index in [-0.39, 0.29) is 0 Å². The Bertz CT molecular complexity index is 651. The highest BCUT2D eigenvalue weighted by atomic mass is 32.1. The average Bonchev–Trinajstić information content (AvgIpc) is 2.93. The predicted molar refractivity (Wildman–Crippen MR) is 85.1 cm³/mol. The van der Waals surface area contributed by atoms with Crippen molar-refractivity contribution >= 4 is 17.2 Å². The van der Waals surface area contributed by atoms with Crippen LogP contribution in [0, 0.1) is 0 Å². The van der Waals surface area contributed by atoms with Crippen molar-refractivity contribution in [3.63, 3.8) is 0 Å². The largest absolute Gasteiger partial charge is 0.489 e. The van der Waals surface area contributed by atoms with Crippen molar-refractivity contribution in [1.29, 1.82) is 0 Å². The van der Waals surface area contributed by atoms with Crippen LogP contribution in [-0.4, -0.2) is 4.99 Å². The van der Waals surface area contributed by atoms with Gasteiger partial charge in [0.25, 0.3) is 0 Å². The zero-order valence-corrected chi connectivity index (χ0v) is 12.1. The van der Waals surface area contributed by atoms with E-state index in [4.69, 9.17) is 22.7 Å². The molecule has 0 radical (unpaired) electrons. The highest BCUT2D eigenvalue weighted by molar-refractivity contribution is 7.80. The maximum Gasteiger partial charge on any atom is 0.120 e. The summed E-state index contributed by atoms with van der Waals surface area (Å²) in [6.45, 7) is 0.537. The van der Waals surface area contributed by atoms with Gasteiger partial charge in [0.15, 0.2) is 0 Å². The van der Waals surface area contributed by atoms with Gasteiger partial charge in [0, 0.05) is 5.56 Å². The van der Waals surface area contributed by atoms with Gasteiger partial charge in [-0.3, -0.25) is 0 Å². The Kier molecular flexibility index (Phi) is 3.70. The normalized spacial score (nSPS) is 13.0. The number of benzene rings is 2. The van der Waals surface area contributed by atoms with Crippen LogP contribution < -0.4 is 10.5 Å². The van der Waals surface area contributed by atoms with E-state index in [2.05, 4.69) is 18.2 Å². The number of rotatable bonds is 4. The Balaban J connectivity index is 1.70. The first-order valence-electron chi connectivity index (χ1n) is 6.86. The molecule has 2 aromatic rings. The number of hydrogen-bond donors (Lipinski definition) is 1. The maximum atomic E-state index is 5.87. The zero-order chi connectivity index (χ0) is 13.9. The van der Waals surface area contributed by atoms with Crippen molar-refractivity contribution in [2.45, 2.75) is 25.9 Å². The minimum atomic E-state index is 0.421. The smallest absolute Gasteiger partial charge is 0.120 e. The second-order valence-corrected chi connectivity index (χ2v) is 5.58. The summed E-state index contributed by atoms with van der Waals surface area (Å²) in [7, 11) is 0. The summed E-state index contributed by atoms with van der Waals surface area (Å²) in [5.41, 5.74) is 10.5. The van der Waals surface area contributed by atoms with Crippen molar-refractivity contribution in [1.82, 2.24) is 0 Å². The highest BCUT2D eigenvalue weighted by Gasteiger charge is 2.11. The van der Waals surface area contributed by atoms with Crippen LogP contribution in [-0.2, 0) is 19.4 Å². The Labute approximate surface area is 124 Å². The molecule has 2 nitrogen and oxygen atoms in total. The number of thiocarbonyl (C=S) groups is 1. The lowest BCUT2D eigenvalue weighted by Crippen LogP contribution is -2.09. The third-order valence-corrected chi connectivity index (χ3v) is 3.92. The van der Waals surface area contributed by atoms with Crippen molar-refractivity contribution in [3.8, 4) is 5.75 Å². The van der Waals surface area contributed by atoms with Crippen molar-refractivity contribution < 1.29 is 4.74 Å². The Hall–Kier alpha value is -1.87. The summed E-state index contributed by atoms with van der Waals surface area (Å²) >= 11 is 4.99. The molecule has 102 valence electrons. The summed E-state index contributed by atoms with van der Waals surface area (Å²) in [4.78, 5) is 0.421. The molecule has 0 heterocycles. The van der Waals surface area contributed by atoms with Crippen LogP contribution in [0.1, 0.15) is 28.7 Å². The molecule has 0 saturated heterocycles. The summed E-state index contributed by atoms with van der Waals surface area (Å²) in [6, 6.07) is 14.3. The minimum Gasteiger partial charge on any atom is -0.489 e. The fourth-order valence-corrected chi connectivity index (χ4v) is 2.75. The number of ether oxygens (including phenoxy) is 1. The number of fused-ring (bicyclic) bond motifs is 1. The van der Waals surface area contributed by atoms with Gasteiger partial charge in [-0.05, 0) is 54.2 Å². The topological polar surface area (TPSA) is 35.2 Å². The summed E-state index contributed by atoms with van der Waals surface area (Å²) in [5, 5.41) is 0. The Morgan fingerprint density at radius 2 is 1.95 bits per heavy atom. The van der Waals surface area contributed by atoms with E-state index in [1.54, 1.807) is 0 Å². The van der Waals surface area contributed by atoms with Gasteiger partial charge in [0.05, 0.1) is 0 Å². The Morgan fingerprint density at radius 1 is 1.10 bits per heavy atom. The molecule has 3 heteroatoms. The monoisotopic (exact) mass is 283 g/mol. The van der Waals surface area contributed by atoms with Crippen molar-refractivity contribution in [3.05, 3.63) is 64.7 Å². The van der Waals surface area contributed by atoms with E-state index >= 15 is 0 Å². The highest BCUT2D eigenvalue weighted by Crippen LogP contribution is 2.26. The molecule has 0 fully saturated rings. The SMILES string of the molecule is NC(=S)c1cccc(COc2ccc3c(c2)CCC3)c1. The quantitative estimate of drug-likeness (QED) is 0.874. The van der Waals surface area contributed by atoms with Gasteiger partial charge >= 0.3 is 0 Å². The van der Waals surface area contributed by atoms with E-state index in [1.165, 1.54) is 30.4 Å². The average molecular weight is 283 g/mol. The van der Waals surface area contributed by atoms with Crippen LogP contribution in [0.5, 0.6) is 5.75 Å². The van der Waals surface area contributed by atoms with E-state index in [0.29, 0.717) is 11.6 Å². The molecule has 1 aliphatic carbocycles. The first-order valence-corrected chi connectivity index (χ1v) is 7.26. The second-order valence-electron chi connectivity index (χ2n) is 5.14. The van der Waals surface area contributed by atoms with Crippen LogP contribution in [0.2, 0.25) is 0 Å². The molecular formula is C17H17NOS. The van der Waals surface area contributed by atoms with E-state index in [9.17, 15) is 0 Å². The first kappa shape index (κ1) is 13.1. The molecular weight excluding hydrogens is 266 g/mol. The molecule has 0 amide bonds. The molecule has 0 aromatic heterocycles. The van der Waals surface area contributed by atoms with Crippen LogP contribution in [0.3, 0.4) is 0 Å². The van der Waals surface area contributed by atoms with E-state index < -0.39 is 0 Å². The summed E-state index contributed by atoms with van der Waals surface area (Å²) < 4.78 is 5.87. The van der Waals surface area contributed by atoms with Crippen LogP contribution in [0.4, 0.5) is 0 Å². The zero-order valence-electron chi connectivity index (χ0n) is 11.3. The van der Waals surface area contributed by atoms with Crippen LogP contribution in [0.25, 0.3) is 0 Å². The predicted octanol–water partition coefficient (Wildman–Crippen LogP) is 3.39. The first-order chi connectivity index (χ1) is 9.72. The molecule has 3 rings (SSSR count). The van der Waals surface area contributed by atoms with Gasteiger partial charge < -0.3 is 10.5 Å². The standard InChI is InChI=1S/C17H17NOS/c18-17(20)15-6-1-3-12(9-15)11-19-16-8-7-13-4-2-5-14(13)10-16/h1,3,6-10H,2,4-5,11H2,(H2,18,20). The van der Waals surface area contributed by atoms with Gasteiger partial charge in [-0.25, -0.2) is 0 Å². The number of aryl methyl sites for hydroxylation is 2. The fraction of sp³-hybridized carbons (Fsp3) is 0.235. The van der Waals surface area contributed by atoms with Crippen LogP contribution in [0.15, 0.2) is 42.5 Å². The van der Waals surface area contributed by atoms with Crippen LogP contribution >= 0.6 is 12.2 Å². The lowest BCUT2D eigenvalue weighted by atomic mass is 10.1. The lowest BCUT2D eigenvalue weighted by Gasteiger charge is -2.09. The number of hydrogen-bond acceptors (Lipinski definition) is 2. The van der Waals surface area contributed by atoms with Gasteiger partial charge in [-0.15, -0.1) is 0 Å². The molecule has 0 bridgehead atoms. The molecule has 2 N–H and O–H groups in total. The molecule has 20 heavy (non-hydrogen) atoms. The second kappa shape index (κ2) is 5.63. The third kappa shape index (κ3) is 2.83. The lowest BCUT2D eigenvalue weighted by molar-refractivity contribution is 0.306. The molecule has 1 aliphatic rings. The van der Waals surface area contributed by atoms with Crippen molar-refractivity contribution in [2.24, 2.45) is 5.73 Å². The van der Waals surface area contributed by atoms with Gasteiger partial charge in [0.2, 0.25) is 0 Å². The van der Waals surface area contributed by atoms with E-state index in [1.807, 2.05) is 24.3 Å².